The summed E-state index contributed by atoms with van der Waals surface area (Å²) in [6.07, 6.45) is 1.08. The second kappa shape index (κ2) is 7.86. The van der Waals surface area contributed by atoms with Crippen LogP contribution in [0.25, 0.3) is 59.6 Å². The van der Waals surface area contributed by atoms with Crippen molar-refractivity contribution in [2.45, 2.75) is 5.92 Å². The molecule has 0 fully saturated rings. The second-order valence-electron chi connectivity index (χ2n) is 11.0. The molecule has 0 amide bonds. The first-order chi connectivity index (χ1) is 20.9. The monoisotopic (exact) mass is 594 g/mol. The van der Waals surface area contributed by atoms with Gasteiger partial charge in [0.2, 0.25) is 10.9 Å². The molecule has 2 aliphatic rings. The molecule has 8 rings (SSSR count). The van der Waals surface area contributed by atoms with Gasteiger partial charge in [-0.25, -0.2) is 4.79 Å². The summed E-state index contributed by atoms with van der Waals surface area (Å²) in [5.41, 5.74) is -2.34. The number of aliphatic hydroxyl groups excluding tert-OH is 1. The van der Waals surface area contributed by atoms with E-state index < -0.39 is 69.1 Å². The van der Waals surface area contributed by atoms with Crippen LogP contribution in [0.5, 0.6) is 28.7 Å². The molecule has 0 bridgehead atoms. The van der Waals surface area contributed by atoms with E-state index in [9.17, 15) is 49.8 Å². The molecule has 6 N–H and O–H groups in total. The van der Waals surface area contributed by atoms with Crippen LogP contribution in [-0.2, 0) is 14.3 Å². The van der Waals surface area contributed by atoms with E-state index in [0.717, 1.165) is 38.5 Å². The van der Waals surface area contributed by atoms with Gasteiger partial charge in [0.1, 0.15) is 34.5 Å². The number of esters is 2. The van der Waals surface area contributed by atoms with Crippen LogP contribution in [0.2, 0.25) is 0 Å². The van der Waals surface area contributed by atoms with Crippen molar-refractivity contribution in [1.29, 1.82) is 0 Å². The van der Waals surface area contributed by atoms with Crippen LogP contribution in [0, 0.1) is 5.92 Å². The average molecular weight is 594 g/mol. The molecule has 0 heterocycles. The third-order valence-corrected chi connectivity index (χ3v) is 9.07. The highest BCUT2D eigenvalue weighted by molar-refractivity contribution is 6.43. The van der Waals surface area contributed by atoms with Gasteiger partial charge < -0.3 is 40.1 Å². The van der Waals surface area contributed by atoms with Gasteiger partial charge in [-0.3, -0.25) is 14.4 Å². The molecular formula is C32H18O12. The van der Waals surface area contributed by atoms with E-state index >= 15 is 0 Å². The summed E-state index contributed by atoms with van der Waals surface area (Å²) in [5.74, 6) is -8.26. The Hall–Kier alpha value is -6.04. The topological polar surface area (TPSA) is 208 Å². The van der Waals surface area contributed by atoms with Crippen LogP contribution >= 0.6 is 0 Å². The van der Waals surface area contributed by atoms with E-state index in [4.69, 9.17) is 9.47 Å². The minimum atomic E-state index is -1.37. The summed E-state index contributed by atoms with van der Waals surface area (Å²) >= 11 is 0. The van der Waals surface area contributed by atoms with Crippen LogP contribution in [0.3, 0.4) is 0 Å². The molecule has 44 heavy (non-hydrogen) atoms. The Morgan fingerprint density at radius 1 is 0.591 bits per heavy atom. The van der Waals surface area contributed by atoms with Crippen LogP contribution in [-0.4, -0.2) is 56.8 Å². The van der Waals surface area contributed by atoms with Crippen molar-refractivity contribution in [3.05, 3.63) is 67.0 Å². The normalized spacial score (nSPS) is 17.0. The van der Waals surface area contributed by atoms with Gasteiger partial charge in [-0.2, -0.15) is 0 Å². The number of phenols is 5. The lowest BCUT2D eigenvalue weighted by Gasteiger charge is -2.36. The summed E-state index contributed by atoms with van der Waals surface area (Å²) in [6, 6.07) is 2.75. The van der Waals surface area contributed by atoms with Crippen LogP contribution in [0.1, 0.15) is 33.0 Å². The number of benzene rings is 6. The van der Waals surface area contributed by atoms with E-state index in [1.54, 1.807) is 0 Å². The molecule has 6 aromatic carbocycles. The van der Waals surface area contributed by atoms with Gasteiger partial charge in [0, 0.05) is 45.0 Å². The maximum absolute atomic E-state index is 14.1. The first kappa shape index (κ1) is 25.7. The molecule has 0 aromatic heterocycles. The van der Waals surface area contributed by atoms with Gasteiger partial charge in [-0.15, -0.1) is 0 Å². The van der Waals surface area contributed by atoms with E-state index in [2.05, 4.69) is 0 Å². The molecule has 218 valence electrons. The Morgan fingerprint density at radius 2 is 1.07 bits per heavy atom. The third kappa shape index (κ3) is 2.60. The molecule has 0 aliphatic heterocycles. The number of carbonyl (C=O) groups excluding carboxylic acids is 2. The highest BCUT2D eigenvalue weighted by atomic mass is 16.5. The van der Waals surface area contributed by atoms with Crippen molar-refractivity contribution in [3.63, 3.8) is 0 Å². The number of aliphatic hydroxyl groups is 1. The smallest absolute Gasteiger partial charge is 0.338 e. The van der Waals surface area contributed by atoms with Crippen molar-refractivity contribution in [3.8, 4) is 28.7 Å². The third-order valence-electron chi connectivity index (χ3n) is 9.07. The standard InChI is InChI=1S/C32H18O12/c1-43-31(41)7-3-9(33)19-23-15(7)16-8(32(42)44-2)4-10(34)20-24(16)28-26-18(12(36)6-14(38)22(26)30(20)40)17-11(35)5-13(37)21(29(19)39)25(17)27(23)28/h3-7,15,33-38H,1-2H3. The first-order valence-corrected chi connectivity index (χ1v) is 13.2. The number of hydrogen-bond donors (Lipinski definition) is 6. The zero-order valence-electron chi connectivity index (χ0n) is 22.6. The lowest BCUT2D eigenvalue weighted by molar-refractivity contribution is -0.144. The molecule has 0 radical (unpaired) electrons. The number of hydrogen-bond acceptors (Lipinski definition) is 12. The predicted molar refractivity (Wildman–Crippen MR) is 157 cm³/mol. The largest absolute Gasteiger partial charge is 0.507 e. The average Bonchev–Trinajstić information content (AvgIpc) is 2.98. The molecule has 12 heteroatoms. The number of carbonyl (C=O) groups is 2. The van der Waals surface area contributed by atoms with E-state index in [1.165, 1.54) is 0 Å². The fourth-order valence-corrected chi connectivity index (χ4v) is 7.58. The lowest BCUT2D eigenvalue weighted by Crippen LogP contribution is -2.32. The maximum atomic E-state index is 14.1. The molecule has 6 aromatic rings. The molecule has 2 unspecified atom stereocenters. The minimum absolute atomic E-state index is 0.00749. The summed E-state index contributed by atoms with van der Waals surface area (Å²) in [6.45, 7) is 0. The van der Waals surface area contributed by atoms with Crippen LogP contribution < -0.4 is 10.9 Å². The second-order valence-corrected chi connectivity index (χ2v) is 11.0. The Kier molecular flexibility index (Phi) is 4.58. The fraction of sp³-hybridized carbons (Fsp3) is 0.125. The fourth-order valence-electron chi connectivity index (χ4n) is 7.58. The molecule has 0 saturated heterocycles. The summed E-state index contributed by atoms with van der Waals surface area (Å²) in [5, 5.41) is 65.4. The van der Waals surface area contributed by atoms with E-state index in [-0.39, 0.29) is 76.1 Å². The predicted octanol–water partition coefficient (Wildman–Crippen LogP) is 3.51. The Morgan fingerprint density at radius 3 is 1.66 bits per heavy atom. The van der Waals surface area contributed by atoms with Gasteiger partial charge in [0.05, 0.1) is 47.4 Å². The maximum Gasteiger partial charge on any atom is 0.338 e. The zero-order chi connectivity index (χ0) is 31.3. The van der Waals surface area contributed by atoms with Crippen molar-refractivity contribution in [1.82, 2.24) is 0 Å². The Balaban J connectivity index is 1.88. The highest BCUT2D eigenvalue weighted by Gasteiger charge is 2.46. The minimum Gasteiger partial charge on any atom is -0.507 e. The number of aromatic hydroxyl groups is 5. The van der Waals surface area contributed by atoms with Crippen molar-refractivity contribution < 1.29 is 49.7 Å². The number of ether oxygens (including phenoxy) is 2. The SMILES string of the molecule is COC(=O)c1cc(O)c2c(=O)c3c(O)cc(O)c4c5c(O)cc(O)c6c(=O)c7c8c(c65)c(c2c1C8C(C(=O)OC)C=C7O)c34. The van der Waals surface area contributed by atoms with Gasteiger partial charge in [-0.05, 0) is 34.0 Å². The number of phenolic OH excluding ortho intramolecular Hbond substituents is 5. The number of rotatable bonds is 2. The van der Waals surface area contributed by atoms with Crippen molar-refractivity contribution in [2.24, 2.45) is 5.92 Å². The molecule has 2 atom stereocenters. The molecule has 0 saturated carbocycles. The molecule has 2 aliphatic carbocycles. The Bertz CT molecular complexity index is 2560. The van der Waals surface area contributed by atoms with E-state index in [0.29, 0.717) is 0 Å². The number of methoxy groups -OCH3 is 2. The summed E-state index contributed by atoms with van der Waals surface area (Å²) in [4.78, 5) is 54.8. The molecular weight excluding hydrogens is 576 g/mol. The van der Waals surface area contributed by atoms with Gasteiger partial charge in [-0.1, -0.05) is 0 Å². The van der Waals surface area contributed by atoms with Gasteiger partial charge in [0.15, 0.2) is 0 Å². The van der Waals surface area contributed by atoms with Gasteiger partial charge >= 0.3 is 11.9 Å². The van der Waals surface area contributed by atoms with Crippen LogP contribution in [0.15, 0.2) is 33.9 Å². The number of fused-ring (bicyclic) bond motifs is 2. The van der Waals surface area contributed by atoms with Gasteiger partial charge in [0.25, 0.3) is 0 Å². The van der Waals surface area contributed by atoms with Crippen molar-refractivity contribution in [2.75, 3.05) is 14.2 Å². The highest BCUT2D eigenvalue weighted by Crippen LogP contribution is 2.59. The lowest BCUT2D eigenvalue weighted by atomic mass is 9.65. The Labute approximate surface area is 243 Å². The van der Waals surface area contributed by atoms with Crippen molar-refractivity contribution >= 4 is 71.6 Å². The zero-order valence-corrected chi connectivity index (χ0v) is 22.6. The summed E-state index contributed by atoms with van der Waals surface area (Å²) < 4.78 is 10.0. The van der Waals surface area contributed by atoms with Crippen LogP contribution in [0.4, 0.5) is 0 Å². The quantitative estimate of drug-likeness (QED) is 0.0967. The van der Waals surface area contributed by atoms with E-state index in [1.807, 2.05) is 0 Å². The summed E-state index contributed by atoms with van der Waals surface area (Å²) in [7, 11) is 2.19. The first-order valence-electron chi connectivity index (χ1n) is 13.2. The molecule has 12 nitrogen and oxygen atoms in total. The molecule has 0 spiro atoms.